The van der Waals surface area contributed by atoms with Gasteiger partial charge in [0.1, 0.15) is 0 Å². The molecule has 0 aromatic heterocycles. The topological polar surface area (TPSA) is 132 Å². The summed E-state index contributed by atoms with van der Waals surface area (Å²) in [5, 5.41) is 20.3. The van der Waals surface area contributed by atoms with Gasteiger partial charge in [0, 0.05) is 0 Å². The molecule has 2 aromatic carbocycles. The monoisotopic (exact) mass is 312 g/mol. The highest BCUT2D eigenvalue weighted by atomic mass is 16.3. The van der Waals surface area contributed by atoms with Crippen molar-refractivity contribution in [3.05, 3.63) is 70.5 Å². The molecule has 0 saturated heterocycles. The molecule has 2 rings (SSSR count). The molecule has 0 fully saturated rings. The molecule has 10 nitrogen and oxygen atoms in total. The fourth-order valence-electron chi connectivity index (χ4n) is 1.51. The molecule has 116 valence electrons. The predicted molar refractivity (Wildman–Crippen MR) is 82.5 cm³/mol. The molecule has 2 aromatic rings. The summed E-state index contributed by atoms with van der Waals surface area (Å²) < 4.78 is 0. The van der Waals surface area contributed by atoms with E-state index in [1.165, 1.54) is 0 Å². The Morgan fingerprint density at radius 3 is 1.39 bits per heavy atom. The maximum atomic E-state index is 10.6. The van der Waals surface area contributed by atoms with Crippen LogP contribution < -0.4 is 10.9 Å². The van der Waals surface area contributed by atoms with Gasteiger partial charge in [-0.05, 0) is 24.3 Å². The van der Waals surface area contributed by atoms with E-state index in [0.29, 0.717) is 11.4 Å². The fraction of sp³-hybridized carbons (Fsp3) is 0.0769. The Morgan fingerprint density at radius 2 is 1.04 bits per heavy atom. The summed E-state index contributed by atoms with van der Waals surface area (Å²) in [6.07, 6.45) is 0. The molecular formula is C13H12N8O2. The number of rotatable bonds is 8. The quantitative estimate of drug-likeness (QED) is 0.332. The first-order valence-electron chi connectivity index (χ1n) is 6.43. The first-order chi connectivity index (χ1) is 11.3. The molecule has 0 aliphatic rings. The normalized spacial score (nSPS) is 11.5. The van der Waals surface area contributed by atoms with E-state index in [0.717, 1.165) is 0 Å². The van der Waals surface area contributed by atoms with Crippen LogP contribution in [0.2, 0.25) is 0 Å². The summed E-state index contributed by atoms with van der Waals surface area (Å²) in [4.78, 5) is 21.1. The third-order valence-corrected chi connectivity index (χ3v) is 2.54. The van der Waals surface area contributed by atoms with Crippen LogP contribution in [0.3, 0.4) is 0 Å². The third kappa shape index (κ3) is 4.74. The summed E-state index contributed by atoms with van der Waals surface area (Å²) in [7, 11) is 0. The van der Waals surface area contributed by atoms with Gasteiger partial charge in [0.2, 0.25) is 0 Å². The van der Waals surface area contributed by atoms with E-state index in [-0.39, 0.29) is 0 Å². The zero-order valence-electron chi connectivity index (χ0n) is 11.8. The van der Waals surface area contributed by atoms with Crippen molar-refractivity contribution in [3.8, 4) is 0 Å². The molecule has 0 spiro atoms. The molecule has 0 heterocycles. The smallest absolute Gasteiger partial charge is 0.205 e. The van der Waals surface area contributed by atoms with Crippen molar-refractivity contribution >= 4 is 11.4 Å². The van der Waals surface area contributed by atoms with Gasteiger partial charge in [-0.15, -0.1) is 30.3 Å². The van der Waals surface area contributed by atoms with Crippen molar-refractivity contribution in [2.24, 2.45) is 31.0 Å². The zero-order valence-corrected chi connectivity index (χ0v) is 11.8. The molecule has 10 heteroatoms. The number of hydrogen-bond donors (Lipinski definition) is 2. The van der Waals surface area contributed by atoms with E-state index >= 15 is 0 Å². The van der Waals surface area contributed by atoms with Gasteiger partial charge in [-0.3, -0.25) is 0 Å². The number of nitroso groups, excluding NO2 is 2. The Labute approximate surface area is 130 Å². The van der Waals surface area contributed by atoms with Crippen LogP contribution in [0.4, 0.5) is 11.4 Å². The van der Waals surface area contributed by atoms with Crippen molar-refractivity contribution in [2.75, 3.05) is 0 Å². The average Bonchev–Trinajstić information content (AvgIpc) is 2.60. The van der Waals surface area contributed by atoms with Gasteiger partial charge in [-0.25, -0.2) is 10.9 Å². The third-order valence-electron chi connectivity index (χ3n) is 2.54. The number of hydrogen-bond acceptors (Lipinski definition) is 8. The fourth-order valence-corrected chi connectivity index (χ4v) is 1.51. The van der Waals surface area contributed by atoms with E-state index in [1.807, 2.05) is 10.9 Å². The lowest BCUT2D eigenvalue weighted by Crippen LogP contribution is -2.48. The van der Waals surface area contributed by atoms with E-state index in [9.17, 15) is 9.81 Å². The highest BCUT2D eigenvalue weighted by Gasteiger charge is 2.31. The maximum absolute atomic E-state index is 10.6. The van der Waals surface area contributed by atoms with E-state index in [1.54, 1.807) is 60.7 Å². The highest BCUT2D eigenvalue weighted by molar-refractivity contribution is 5.35. The SMILES string of the molecule is O=NNC(N=Nc1ccccc1)(N=Nc1ccccc1)NN=O. The molecule has 0 bridgehead atoms. The summed E-state index contributed by atoms with van der Waals surface area (Å²) >= 11 is 0. The van der Waals surface area contributed by atoms with Gasteiger partial charge in [-0.1, -0.05) is 36.4 Å². The van der Waals surface area contributed by atoms with Crippen molar-refractivity contribution in [1.29, 1.82) is 0 Å². The van der Waals surface area contributed by atoms with Crippen molar-refractivity contribution in [1.82, 2.24) is 10.9 Å². The Hall–Kier alpha value is -3.56. The van der Waals surface area contributed by atoms with Crippen LogP contribution in [0.5, 0.6) is 0 Å². The summed E-state index contributed by atoms with van der Waals surface area (Å²) in [5.41, 5.74) is 4.92. The number of benzene rings is 2. The molecule has 23 heavy (non-hydrogen) atoms. The Kier molecular flexibility index (Phi) is 5.52. The molecule has 0 atom stereocenters. The molecule has 0 saturated carbocycles. The first kappa shape index (κ1) is 15.8. The van der Waals surface area contributed by atoms with E-state index in [2.05, 4.69) is 31.0 Å². The summed E-state index contributed by atoms with van der Waals surface area (Å²) in [6.45, 7) is 0. The van der Waals surface area contributed by atoms with Crippen LogP contribution in [-0.4, -0.2) is 5.91 Å². The second-order valence-electron chi connectivity index (χ2n) is 4.15. The predicted octanol–water partition coefficient (Wildman–Crippen LogP) is 3.71. The molecule has 0 amide bonds. The van der Waals surface area contributed by atoms with Gasteiger partial charge in [-0.2, -0.15) is 0 Å². The van der Waals surface area contributed by atoms with Gasteiger partial charge >= 0.3 is 5.91 Å². The minimum atomic E-state index is -2.03. The van der Waals surface area contributed by atoms with Gasteiger partial charge < -0.3 is 0 Å². The average molecular weight is 312 g/mol. The van der Waals surface area contributed by atoms with Gasteiger partial charge in [0.05, 0.1) is 21.9 Å². The molecule has 2 N–H and O–H groups in total. The molecule has 0 aliphatic carbocycles. The highest BCUT2D eigenvalue weighted by Crippen LogP contribution is 2.18. The number of nitrogens with one attached hydrogen (secondary N) is 2. The Morgan fingerprint density at radius 1 is 0.652 bits per heavy atom. The standard InChI is InChI=1S/C13H12N8O2/c22-20-18-13(19-21-23,16-14-11-7-3-1-4-8-11)17-15-12-9-5-2-6-10-12/h1-10H,(H,18,22)(H,19,23). The molecule has 0 unspecified atom stereocenters. The van der Waals surface area contributed by atoms with Crippen molar-refractivity contribution in [3.63, 3.8) is 0 Å². The second-order valence-corrected chi connectivity index (χ2v) is 4.15. The lowest BCUT2D eigenvalue weighted by atomic mass is 10.3. The number of nitrogens with zero attached hydrogens (tertiary/aromatic N) is 6. The first-order valence-corrected chi connectivity index (χ1v) is 6.43. The zero-order chi connectivity index (χ0) is 16.4. The van der Waals surface area contributed by atoms with Crippen LogP contribution in [-0.2, 0) is 0 Å². The Bertz CT molecular complexity index is 628. The van der Waals surface area contributed by atoms with Crippen LogP contribution in [0.1, 0.15) is 0 Å². The van der Waals surface area contributed by atoms with Gasteiger partial charge in [0.15, 0.2) is 0 Å². The lowest BCUT2D eigenvalue weighted by Gasteiger charge is -2.17. The molecule has 0 aliphatic heterocycles. The van der Waals surface area contributed by atoms with E-state index < -0.39 is 5.91 Å². The Balaban J connectivity index is 2.30. The van der Waals surface area contributed by atoms with Crippen LogP contribution in [0.25, 0.3) is 0 Å². The summed E-state index contributed by atoms with van der Waals surface area (Å²) in [6, 6.07) is 17.3. The van der Waals surface area contributed by atoms with Crippen LogP contribution in [0, 0.1) is 9.81 Å². The van der Waals surface area contributed by atoms with Crippen LogP contribution >= 0.6 is 0 Å². The lowest BCUT2D eigenvalue weighted by molar-refractivity contribution is 0.263. The molecule has 0 radical (unpaired) electrons. The minimum Gasteiger partial charge on any atom is -0.205 e. The minimum absolute atomic E-state index is 0.479. The maximum Gasteiger partial charge on any atom is 0.378 e. The largest absolute Gasteiger partial charge is 0.378 e. The van der Waals surface area contributed by atoms with Crippen LogP contribution in [0.15, 0.2) is 91.7 Å². The second kappa shape index (κ2) is 8.02. The van der Waals surface area contributed by atoms with E-state index in [4.69, 9.17) is 0 Å². The van der Waals surface area contributed by atoms with Gasteiger partial charge in [0.25, 0.3) is 0 Å². The van der Waals surface area contributed by atoms with Crippen molar-refractivity contribution in [2.45, 2.75) is 5.91 Å². The van der Waals surface area contributed by atoms with Crippen molar-refractivity contribution < 1.29 is 0 Å². The number of azo groups is 2. The molecular weight excluding hydrogens is 300 g/mol. The summed E-state index contributed by atoms with van der Waals surface area (Å²) in [5.74, 6) is -2.03.